The van der Waals surface area contributed by atoms with Crippen LogP contribution in [0.25, 0.3) is 16.9 Å². The lowest BCUT2D eigenvalue weighted by molar-refractivity contribution is -0.127. The lowest BCUT2D eigenvalue weighted by Gasteiger charge is -2.41. The largest absolute Gasteiger partial charge is 0.511 e. The molecule has 0 aromatic heterocycles. The fourth-order valence-corrected chi connectivity index (χ4v) is 5.89. The maximum atomic E-state index is 13.6. The Morgan fingerprint density at radius 3 is 2.34 bits per heavy atom. The fraction of sp³-hybridized carbons (Fsp3) is 0.286. The lowest BCUT2D eigenvalue weighted by atomic mass is 9.61. The van der Waals surface area contributed by atoms with E-state index in [-0.39, 0.29) is 43.0 Å². The van der Waals surface area contributed by atoms with Crippen LogP contribution in [0, 0.1) is 17.8 Å². The van der Waals surface area contributed by atoms with Crippen molar-refractivity contribution in [2.45, 2.75) is 26.2 Å². The predicted octanol–water partition coefficient (Wildman–Crippen LogP) is 3.47. The molecule has 2 aromatic rings. The Balaban J connectivity index is 0.00000187. The molecular weight excluding hydrogens is 494 g/mol. The van der Waals surface area contributed by atoms with Gasteiger partial charge in [0, 0.05) is 21.9 Å². The molecule has 5 rings (SSSR count). The summed E-state index contributed by atoms with van der Waals surface area (Å²) in [7, 11) is 1.45. The number of carbonyl (C=O) groups is 4. The number of carbonyl (C=O) groups excluding carboxylic acids is 4. The Morgan fingerprint density at radius 1 is 1.03 bits per heavy atom. The van der Waals surface area contributed by atoms with Gasteiger partial charge in [-0.05, 0) is 66.5 Å². The number of phenolic OH excluding ortho intramolecular Hbond substituents is 1. The van der Waals surface area contributed by atoms with E-state index in [0.717, 1.165) is 11.1 Å². The molecule has 10 heteroatoms. The van der Waals surface area contributed by atoms with E-state index < -0.39 is 47.0 Å². The number of aromatic hydroxyl groups is 1. The number of hydrogen-bond donors (Lipinski definition) is 4. The second-order valence-corrected chi connectivity index (χ2v) is 9.59. The summed E-state index contributed by atoms with van der Waals surface area (Å²) >= 11 is 0. The molecule has 3 aliphatic carbocycles. The van der Waals surface area contributed by atoms with Crippen LogP contribution in [-0.4, -0.2) is 51.3 Å². The molecule has 0 saturated heterocycles. The summed E-state index contributed by atoms with van der Waals surface area (Å²) in [6, 6.07) is 9.88. The van der Waals surface area contributed by atoms with E-state index in [0.29, 0.717) is 24.2 Å². The average molecular weight is 526 g/mol. The lowest BCUT2D eigenvalue weighted by Crippen LogP contribution is -2.43. The van der Waals surface area contributed by atoms with Crippen LogP contribution in [0.1, 0.15) is 33.7 Å². The zero-order valence-electron chi connectivity index (χ0n) is 20.7. The SMILES string of the molecule is CNC(=O)Oc1ccc(-c2ccc(O)c3c2CC2CC4CC(=O)C(C(C)=O)=C(O)C4C(=O)C2=C3O)cc1.O.[HH].[HH]. The quantitative estimate of drug-likeness (QED) is 0.439. The van der Waals surface area contributed by atoms with E-state index in [4.69, 9.17) is 4.74 Å². The molecule has 1 saturated carbocycles. The van der Waals surface area contributed by atoms with Gasteiger partial charge in [0.15, 0.2) is 17.3 Å². The molecule has 202 valence electrons. The Labute approximate surface area is 220 Å². The summed E-state index contributed by atoms with van der Waals surface area (Å²) in [5.41, 5.74) is 2.00. The van der Waals surface area contributed by atoms with Crippen molar-refractivity contribution in [2.24, 2.45) is 17.8 Å². The van der Waals surface area contributed by atoms with Gasteiger partial charge in [0.25, 0.3) is 0 Å². The number of ketones is 3. The number of phenols is 1. The van der Waals surface area contributed by atoms with Gasteiger partial charge in [-0.2, -0.15) is 0 Å². The van der Waals surface area contributed by atoms with Crippen molar-refractivity contribution in [1.82, 2.24) is 5.32 Å². The van der Waals surface area contributed by atoms with E-state index in [1.165, 1.54) is 20.0 Å². The minimum Gasteiger partial charge on any atom is -0.511 e. The van der Waals surface area contributed by atoms with Gasteiger partial charge in [-0.15, -0.1) is 0 Å². The number of aliphatic hydroxyl groups is 2. The highest BCUT2D eigenvalue weighted by molar-refractivity contribution is 6.22. The first-order valence-corrected chi connectivity index (χ1v) is 11.9. The van der Waals surface area contributed by atoms with Crippen LogP contribution >= 0.6 is 0 Å². The van der Waals surface area contributed by atoms with Gasteiger partial charge in [-0.25, -0.2) is 4.79 Å². The number of hydrogen-bond acceptors (Lipinski definition) is 8. The second kappa shape index (κ2) is 9.79. The number of ether oxygens (including phenoxy) is 1. The number of fused-ring (bicyclic) bond motifs is 3. The van der Waals surface area contributed by atoms with Crippen molar-refractivity contribution in [1.29, 1.82) is 0 Å². The highest BCUT2D eigenvalue weighted by Crippen LogP contribution is 2.51. The number of aliphatic hydroxyl groups excluding tert-OH is 2. The van der Waals surface area contributed by atoms with Crippen molar-refractivity contribution in [3.63, 3.8) is 0 Å². The number of rotatable bonds is 3. The third-order valence-electron chi connectivity index (χ3n) is 7.46. The van der Waals surface area contributed by atoms with Crippen LogP contribution in [0.3, 0.4) is 0 Å². The first kappa shape index (κ1) is 26.6. The molecule has 3 unspecified atom stereocenters. The molecule has 0 radical (unpaired) electrons. The molecule has 0 heterocycles. The van der Waals surface area contributed by atoms with Crippen LogP contribution in [0.2, 0.25) is 0 Å². The zero-order valence-corrected chi connectivity index (χ0v) is 20.7. The molecule has 0 spiro atoms. The molecule has 1 fully saturated rings. The molecular formula is C28H31NO9. The monoisotopic (exact) mass is 525 g/mol. The molecule has 2 aromatic carbocycles. The Kier molecular flexibility index (Phi) is 6.86. The molecule has 6 N–H and O–H groups in total. The van der Waals surface area contributed by atoms with Gasteiger partial charge in [0.05, 0.1) is 17.1 Å². The summed E-state index contributed by atoms with van der Waals surface area (Å²) in [4.78, 5) is 49.5. The number of amides is 1. The van der Waals surface area contributed by atoms with E-state index in [2.05, 4.69) is 5.32 Å². The third kappa shape index (κ3) is 4.12. The summed E-state index contributed by atoms with van der Waals surface area (Å²) in [6.07, 6.45) is 0.0360. The number of Topliss-reactive ketones (excluding diaryl/α,β-unsaturated/α-hetero) is 3. The van der Waals surface area contributed by atoms with Crippen LogP contribution < -0.4 is 10.1 Å². The van der Waals surface area contributed by atoms with Crippen LogP contribution in [-0.2, 0) is 20.8 Å². The molecule has 3 atom stereocenters. The van der Waals surface area contributed by atoms with Gasteiger partial charge in [0.1, 0.15) is 23.0 Å². The molecule has 38 heavy (non-hydrogen) atoms. The molecule has 10 nitrogen and oxygen atoms in total. The van der Waals surface area contributed by atoms with Crippen LogP contribution in [0.4, 0.5) is 4.79 Å². The molecule has 0 bridgehead atoms. The Hall–Kier alpha value is -4.44. The molecule has 3 aliphatic rings. The third-order valence-corrected chi connectivity index (χ3v) is 7.46. The topological polar surface area (TPSA) is 182 Å². The van der Waals surface area contributed by atoms with E-state index in [1.54, 1.807) is 30.3 Å². The maximum Gasteiger partial charge on any atom is 0.412 e. The second-order valence-electron chi connectivity index (χ2n) is 9.59. The summed E-state index contributed by atoms with van der Waals surface area (Å²) in [6.45, 7) is 1.17. The zero-order chi connectivity index (χ0) is 26.6. The summed E-state index contributed by atoms with van der Waals surface area (Å²) in [5, 5.41) is 35.0. The first-order chi connectivity index (χ1) is 17.6. The van der Waals surface area contributed by atoms with Gasteiger partial charge in [-0.3, -0.25) is 14.4 Å². The summed E-state index contributed by atoms with van der Waals surface area (Å²) < 4.78 is 5.13. The van der Waals surface area contributed by atoms with Gasteiger partial charge >= 0.3 is 6.09 Å². The predicted molar refractivity (Wildman–Crippen MR) is 140 cm³/mol. The van der Waals surface area contributed by atoms with Crippen molar-refractivity contribution < 1.29 is 47.6 Å². The minimum absolute atomic E-state index is 0. The number of nitrogens with one attached hydrogen (secondary N) is 1. The summed E-state index contributed by atoms with van der Waals surface area (Å²) in [5.74, 6) is -4.36. The Morgan fingerprint density at radius 2 is 1.71 bits per heavy atom. The number of allylic oxidation sites excluding steroid dienone is 3. The van der Waals surface area contributed by atoms with Gasteiger partial charge in [-0.1, -0.05) is 18.2 Å². The first-order valence-electron chi connectivity index (χ1n) is 11.9. The van der Waals surface area contributed by atoms with Crippen LogP contribution in [0.15, 0.2) is 53.3 Å². The van der Waals surface area contributed by atoms with E-state index in [1.807, 2.05) is 0 Å². The van der Waals surface area contributed by atoms with Crippen molar-refractivity contribution >= 4 is 29.2 Å². The number of benzene rings is 2. The smallest absolute Gasteiger partial charge is 0.412 e. The standard InChI is InChI=1S/C28H25NO8.H2O.2H2/c1-12(30)21-20(32)11-15-9-14-10-18-17(13-3-5-16(6-4-13)37-28(36)29-2)7-8-19(31)24(18)27(35)22(14)26(34)23(15)25(21)33;;;/h3-8,14-15,23,31,33,35H,9-11H2,1-2H3,(H,29,36);1H2;2*1H. The van der Waals surface area contributed by atoms with E-state index >= 15 is 0 Å². The fourth-order valence-electron chi connectivity index (χ4n) is 5.89. The normalized spacial score (nSPS) is 22.1. The molecule has 1 amide bonds. The van der Waals surface area contributed by atoms with Gasteiger partial charge in [0.2, 0.25) is 0 Å². The molecule has 0 aliphatic heterocycles. The van der Waals surface area contributed by atoms with Crippen molar-refractivity contribution in [3.05, 3.63) is 64.4 Å². The average Bonchev–Trinajstić information content (AvgIpc) is 2.84. The maximum absolute atomic E-state index is 13.6. The van der Waals surface area contributed by atoms with Crippen LogP contribution in [0.5, 0.6) is 11.5 Å². The minimum atomic E-state index is -1.08. The Bertz CT molecular complexity index is 1450. The van der Waals surface area contributed by atoms with Crippen molar-refractivity contribution in [3.8, 4) is 22.6 Å². The highest BCUT2D eigenvalue weighted by atomic mass is 16.5. The van der Waals surface area contributed by atoms with Crippen molar-refractivity contribution in [2.75, 3.05) is 7.05 Å². The van der Waals surface area contributed by atoms with E-state index in [9.17, 15) is 34.5 Å². The van der Waals surface area contributed by atoms with Gasteiger partial charge < -0.3 is 30.8 Å². The highest BCUT2D eigenvalue weighted by Gasteiger charge is 2.50.